The lowest BCUT2D eigenvalue weighted by Gasteiger charge is -2.12. The summed E-state index contributed by atoms with van der Waals surface area (Å²) in [5, 5.41) is 10.5. The summed E-state index contributed by atoms with van der Waals surface area (Å²) >= 11 is 0. The lowest BCUT2D eigenvalue weighted by molar-refractivity contribution is -0.148. The molecule has 7 nitrogen and oxygen atoms in total. The minimum absolute atomic E-state index is 0.231. The molecule has 2 N–H and O–H groups in total. The maximum Gasteiger partial charge on any atom is 0.329 e. The Kier molecular flexibility index (Phi) is 6.86. The number of carboxylic acid groups (broad SMARTS) is 1. The summed E-state index contributed by atoms with van der Waals surface area (Å²) in [5.41, 5.74) is 0. The van der Waals surface area contributed by atoms with Crippen molar-refractivity contribution in [1.82, 2.24) is 5.32 Å². The van der Waals surface area contributed by atoms with Gasteiger partial charge in [-0.25, -0.2) is 9.59 Å². The van der Waals surface area contributed by atoms with E-state index in [0.29, 0.717) is 0 Å². The Balaban J connectivity index is 3.77. The number of rotatable bonds is 7. The molecule has 0 aromatic carbocycles. The molecule has 1 unspecified atom stereocenters. The van der Waals surface area contributed by atoms with Gasteiger partial charge in [0, 0.05) is 0 Å². The van der Waals surface area contributed by atoms with Gasteiger partial charge in [0.1, 0.15) is 19.3 Å². The predicted molar refractivity (Wildman–Crippen MR) is 52.7 cm³/mol. The minimum atomic E-state index is -1.16. The predicted octanol–water partition coefficient (Wildman–Crippen LogP) is -0.845. The van der Waals surface area contributed by atoms with Gasteiger partial charge in [0.15, 0.2) is 0 Å². The van der Waals surface area contributed by atoms with Crippen molar-refractivity contribution in [3.63, 3.8) is 0 Å². The molecule has 92 valence electrons. The molecular formula is C9H15NO6. The molecular weight excluding hydrogens is 218 g/mol. The number of amides is 1. The molecule has 0 spiro atoms. The number of carboxylic acids is 1. The number of hydrogen-bond acceptors (Lipinski definition) is 5. The van der Waals surface area contributed by atoms with Gasteiger partial charge in [0.25, 0.3) is 0 Å². The van der Waals surface area contributed by atoms with Crippen LogP contribution >= 0.6 is 0 Å². The molecule has 0 aromatic heterocycles. The number of aliphatic carboxylic acids is 1. The van der Waals surface area contributed by atoms with E-state index in [-0.39, 0.29) is 6.61 Å². The van der Waals surface area contributed by atoms with E-state index in [2.05, 4.69) is 14.8 Å². The number of carbonyl (C=O) groups excluding carboxylic acids is 2. The zero-order valence-corrected chi connectivity index (χ0v) is 9.19. The van der Waals surface area contributed by atoms with E-state index in [1.165, 1.54) is 6.92 Å². The van der Waals surface area contributed by atoms with Gasteiger partial charge in [0.2, 0.25) is 5.91 Å². The van der Waals surface area contributed by atoms with Gasteiger partial charge < -0.3 is 19.9 Å². The number of hydrogen-bond donors (Lipinski definition) is 2. The molecule has 0 aliphatic carbocycles. The normalized spacial score (nSPS) is 11.6. The second kappa shape index (κ2) is 7.63. The lowest BCUT2D eigenvalue weighted by Crippen LogP contribution is -2.41. The Morgan fingerprint density at radius 2 is 1.94 bits per heavy atom. The maximum atomic E-state index is 11.1. The Morgan fingerprint density at radius 1 is 1.31 bits per heavy atom. The van der Waals surface area contributed by atoms with Gasteiger partial charge in [-0.2, -0.15) is 0 Å². The fourth-order valence-electron chi connectivity index (χ4n) is 0.840. The van der Waals surface area contributed by atoms with Crippen molar-refractivity contribution >= 4 is 17.8 Å². The van der Waals surface area contributed by atoms with E-state index >= 15 is 0 Å². The summed E-state index contributed by atoms with van der Waals surface area (Å²) in [6.07, 6.45) is 0. The van der Waals surface area contributed by atoms with Crippen LogP contribution in [0.3, 0.4) is 0 Å². The zero-order valence-electron chi connectivity index (χ0n) is 9.19. The molecule has 1 amide bonds. The second-order valence-corrected chi connectivity index (χ2v) is 2.93. The molecule has 0 bridgehead atoms. The number of nitrogens with one attached hydrogen (secondary N) is 1. The standard InChI is InChI=1S/C9H15NO6/c1-3-16-9(14)6(2)10-7(11)4-15-5-8(12)13/h6H,3-5H2,1-2H3,(H,10,11)(H,12,13). The van der Waals surface area contributed by atoms with E-state index < -0.39 is 37.1 Å². The van der Waals surface area contributed by atoms with Crippen LogP contribution in [0.5, 0.6) is 0 Å². The summed E-state index contributed by atoms with van der Waals surface area (Å²) < 4.78 is 9.19. The van der Waals surface area contributed by atoms with Gasteiger partial charge in [-0.05, 0) is 13.8 Å². The van der Waals surface area contributed by atoms with E-state index in [1.807, 2.05) is 0 Å². The van der Waals surface area contributed by atoms with Crippen LogP contribution in [0.2, 0.25) is 0 Å². The highest BCUT2D eigenvalue weighted by Gasteiger charge is 2.16. The van der Waals surface area contributed by atoms with Gasteiger partial charge >= 0.3 is 11.9 Å². The molecule has 0 rings (SSSR count). The van der Waals surface area contributed by atoms with Crippen LogP contribution < -0.4 is 5.32 Å². The van der Waals surface area contributed by atoms with Crippen molar-refractivity contribution in [2.24, 2.45) is 0 Å². The highest BCUT2D eigenvalue weighted by molar-refractivity contribution is 5.84. The van der Waals surface area contributed by atoms with Crippen molar-refractivity contribution < 1.29 is 29.0 Å². The van der Waals surface area contributed by atoms with Crippen molar-refractivity contribution in [3.8, 4) is 0 Å². The van der Waals surface area contributed by atoms with Crippen molar-refractivity contribution in [2.75, 3.05) is 19.8 Å². The Labute approximate surface area is 92.7 Å². The van der Waals surface area contributed by atoms with Crippen LogP contribution in [0, 0.1) is 0 Å². The molecule has 0 aliphatic rings. The second-order valence-electron chi connectivity index (χ2n) is 2.93. The average molecular weight is 233 g/mol. The quantitative estimate of drug-likeness (QED) is 0.556. The van der Waals surface area contributed by atoms with E-state index in [4.69, 9.17) is 5.11 Å². The minimum Gasteiger partial charge on any atom is -0.480 e. The average Bonchev–Trinajstić information content (AvgIpc) is 2.17. The summed E-state index contributed by atoms with van der Waals surface area (Å²) in [4.78, 5) is 32.3. The van der Waals surface area contributed by atoms with Crippen LogP contribution in [-0.2, 0) is 23.9 Å². The molecule has 0 fully saturated rings. The maximum absolute atomic E-state index is 11.1. The zero-order chi connectivity index (χ0) is 12.6. The summed E-state index contributed by atoms with van der Waals surface area (Å²) in [5.74, 6) is -2.28. The van der Waals surface area contributed by atoms with Crippen LogP contribution in [0.25, 0.3) is 0 Å². The Morgan fingerprint density at radius 3 is 2.44 bits per heavy atom. The largest absolute Gasteiger partial charge is 0.480 e. The topological polar surface area (TPSA) is 102 Å². The van der Waals surface area contributed by atoms with Crippen molar-refractivity contribution in [1.29, 1.82) is 0 Å². The molecule has 0 aliphatic heterocycles. The number of ether oxygens (including phenoxy) is 2. The molecule has 0 aromatic rings. The van der Waals surface area contributed by atoms with Crippen LogP contribution in [0.1, 0.15) is 13.8 Å². The van der Waals surface area contributed by atoms with E-state index in [9.17, 15) is 14.4 Å². The summed E-state index contributed by atoms with van der Waals surface area (Å²) in [6.45, 7) is 2.39. The molecule has 7 heteroatoms. The third kappa shape index (κ3) is 6.77. The highest BCUT2D eigenvalue weighted by Crippen LogP contribution is 1.88. The first kappa shape index (κ1) is 14.4. The molecule has 0 radical (unpaired) electrons. The molecule has 1 atom stereocenters. The van der Waals surface area contributed by atoms with Gasteiger partial charge in [-0.1, -0.05) is 0 Å². The summed E-state index contributed by atoms with van der Waals surface area (Å²) in [6, 6.07) is -0.777. The monoisotopic (exact) mass is 233 g/mol. The first-order chi connectivity index (χ1) is 7.47. The molecule has 0 saturated heterocycles. The number of esters is 1. The Bertz CT molecular complexity index is 265. The SMILES string of the molecule is CCOC(=O)C(C)NC(=O)COCC(=O)O. The molecule has 16 heavy (non-hydrogen) atoms. The third-order valence-electron chi connectivity index (χ3n) is 1.48. The van der Waals surface area contributed by atoms with Crippen LogP contribution in [-0.4, -0.2) is 48.8 Å². The van der Waals surface area contributed by atoms with Crippen LogP contribution in [0.4, 0.5) is 0 Å². The van der Waals surface area contributed by atoms with E-state index in [1.54, 1.807) is 6.92 Å². The fourth-order valence-corrected chi connectivity index (χ4v) is 0.840. The Hall–Kier alpha value is -1.63. The van der Waals surface area contributed by atoms with Gasteiger partial charge in [-0.15, -0.1) is 0 Å². The fraction of sp³-hybridized carbons (Fsp3) is 0.667. The first-order valence-electron chi connectivity index (χ1n) is 4.73. The van der Waals surface area contributed by atoms with Crippen molar-refractivity contribution in [3.05, 3.63) is 0 Å². The molecule has 0 saturated carbocycles. The van der Waals surface area contributed by atoms with Gasteiger partial charge in [-0.3, -0.25) is 4.79 Å². The summed E-state index contributed by atoms with van der Waals surface area (Å²) in [7, 11) is 0. The van der Waals surface area contributed by atoms with E-state index in [0.717, 1.165) is 0 Å². The smallest absolute Gasteiger partial charge is 0.329 e. The third-order valence-corrected chi connectivity index (χ3v) is 1.48. The van der Waals surface area contributed by atoms with Crippen molar-refractivity contribution in [2.45, 2.75) is 19.9 Å². The first-order valence-corrected chi connectivity index (χ1v) is 4.73. The van der Waals surface area contributed by atoms with Gasteiger partial charge in [0.05, 0.1) is 6.61 Å². The van der Waals surface area contributed by atoms with Crippen LogP contribution in [0.15, 0.2) is 0 Å². The molecule has 0 heterocycles. The number of carbonyl (C=O) groups is 3. The lowest BCUT2D eigenvalue weighted by atomic mass is 10.3. The highest BCUT2D eigenvalue weighted by atomic mass is 16.5.